The smallest absolute Gasteiger partial charge is 0.308 e. The number of halogens is 1. The van der Waals surface area contributed by atoms with Gasteiger partial charge < -0.3 is 9.47 Å². The normalized spacial score (nSPS) is 28.4. The van der Waals surface area contributed by atoms with Crippen molar-refractivity contribution in [2.45, 2.75) is 50.5 Å². The lowest BCUT2D eigenvalue weighted by molar-refractivity contribution is -0.158. The Morgan fingerprint density at radius 1 is 1.45 bits per heavy atom. The summed E-state index contributed by atoms with van der Waals surface area (Å²) in [6, 6.07) is 4.78. The van der Waals surface area contributed by atoms with Crippen molar-refractivity contribution in [3.05, 3.63) is 29.6 Å². The second-order valence-corrected chi connectivity index (χ2v) is 6.38. The molecule has 1 heterocycles. The van der Waals surface area contributed by atoms with Gasteiger partial charge in [0.1, 0.15) is 13.7 Å². The summed E-state index contributed by atoms with van der Waals surface area (Å²) in [6.07, 6.45) is 2.40. The lowest BCUT2D eigenvalue weighted by Crippen LogP contribution is -2.47. The van der Waals surface area contributed by atoms with Crippen LogP contribution < -0.4 is 5.46 Å². The van der Waals surface area contributed by atoms with Gasteiger partial charge in [-0.05, 0) is 30.9 Å². The fourth-order valence-electron chi connectivity index (χ4n) is 3.07. The van der Waals surface area contributed by atoms with Crippen LogP contribution in [-0.4, -0.2) is 33.1 Å². The Bertz CT molecular complexity index is 551. The van der Waals surface area contributed by atoms with E-state index in [0.717, 1.165) is 12.8 Å². The van der Waals surface area contributed by atoms with Gasteiger partial charge in [0, 0.05) is 5.41 Å². The van der Waals surface area contributed by atoms with Crippen LogP contribution in [0.15, 0.2) is 18.2 Å². The van der Waals surface area contributed by atoms with Gasteiger partial charge in [-0.1, -0.05) is 31.4 Å². The average Bonchev–Trinajstić information content (AvgIpc) is 2.49. The molecule has 5 heteroatoms. The number of esters is 1. The SMILES string of the molecule is [B]c1ccc(C2(C)CCC(CC)(CC(=O)OC)OC2)c(F)c1. The molecule has 22 heavy (non-hydrogen) atoms. The Morgan fingerprint density at radius 3 is 2.68 bits per heavy atom. The molecule has 2 unspecified atom stereocenters. The third-order valence-electron chi connectivity index (χ3n) is 4.81. The number of hydrogen-bond donors (Lipinski definition) is 0. The molecule has 1 aromatic carbocycles. The van der Waals surface area contributed by atoms with Crippen molar-refractivity contribution >= 4 is 19.3 Å². The molecular weight excluding hydrogens is 282 g/mol. The maximum absolute atomic E-state index is 14.2. The number of benzene rings is 1. The Labute approximate surface area is 132 Å². The van der Waals surface area contributed by atoms with Crippen molar-refractivity contribution in [1.29, 1.82) is 0 Å². The molecule has 1 saturated heterocycles. The van der Waals surface area contributed by atoms with Crippen LogP contribution in [0.3, 0.4) is 0 Å². The van der Waals surface area contributed by atoms with Crippen molar-refractivity contribution in [1.82, 2.24) is 0 Å². The summed E-state index contributed by atoms with van der Waals surface area (Å²) >= 11 is 0. The molecular formula is C17H22BFO3. The van der Waals surface area contributed by atoms with Crippen LogP contribution >= 0.6 is 0 Å². The molecule has 1 fully saturated rings. The molecule has 0 bridgehead atoms. The second kappa shape index (κ2) is 6.41. The average molecular weight is 304 g/mol. The number of carbonyl (C=O) groups excluding carboxylic acids is 1. The van der Waals surface area contributed by atoms with E-state index in [1.807, 2.05) is 13.8 Å². The molecule has 2 radical (unpaired) electrons. The van der Waals surface area contributed by atoms with E-state index in [1.54, 1.807) is 12.1 Å². The maximum atomic E-state index is 14.2. The van der Waals surface area contributed by atoms with Gasteiger partial charge in [0.25, 0.3) is 0 Å². The zero-order chi connectivity index (χ0) is 16.4. The maximum Gasteiger partial charge on any atom is 0.308 e. The van der Waals surface area contributed by atoms with Crippen LogP contribution in [0.25, 0.3) is 0 Å². The highest BCUT2D eigenvalue weighted by molar-refractivity contribution is 6.32. The molecule has 1 aliphatic rings. The quantitative estimate of drug-likeness (QED) is 0.633. The van der Waals surface area contributed by atoms with Crippen molar-refractivity contribution < 1.29 is 18.7 Å². The fraction of sp³-hybridized carbons (Fsp3) is 0.588. The van der Waals surface area contributed by atoms with Crippen molar-refractivity contribution in [3.63, 3.8) is 0 Å². The lowest BCUT2D eigenvalue weighted by Gasteiger charge is -2.44. The van der Waals surface area contributed by atoms with Gasteiger partial charge in [-0.15, -0.1) is 0 Å². The third-order valence-corrected chi connectivity index (χ3v) is 4.81. The van der Waals surface area contributed by atoms with Crippen LogP contribution in [0.5, 0.6) is 0 Å². The first kappa shape index (κ1) is 17.0. The molecule has 0 N–H and O–H groups in total. The molecule has 0 spiro atoms. The van der Waals surface area contributed by atoms with Gasteiger partial charge in [0.15, 0.2) is 0 Å². The predicted octanol–water partition coefficient (Wildman–Crippen LogP) is 2.40. The van der Waals surface area contributed by atoms with E-state index < -0.39 is 11.0 Å². The number of hydrogen-bond acceptors (Lipinski definition) is 3. The number of methoxy groups -OCH3 is 1. The van der Waals surface area contributed by atoms with Gasteiger partial charge in [-0.3, -0.25) is 4.79 Å². The van der Waals surface area contributed by atoms with Crippen molar-refractivity contribution in [2.24, 2.45) is 0 Å². The Balaban J connectivity index is 2.17. The minimum atomic E-state index is -0.503. The van der Waals surface area contributed by atoms with Gasteiger partial charge in [-0.2, -0.15) is 0 Å². The molecule has 1 aliphatic heterocycles. The first-order valence-corrected chi connectivity index (χ1v) is 7.60. The molecule has 2 rings (SSSR count). The fourth-order valence-corrected chi connectivity index (χ4v) is 3.07. The largest absolute Gasteiger partial charge is 0.469 e. The summed E-state index contributed by atoms with van der Waals surface area (Å²) in [5.41, 5.74) is 0.114. The van der Waals surface area contributed by atoms with E-state index in [1.165, 1.54) is 13.2 Å². The number of ether oxygens (including phenoxy) is 2. The first-order chi connectivity index (χ1) is 10.3. The lowest BCUT2D eigenvalue weighted by atomic mass is 9.72. The minimum absolute atomic E-state index is 0.236. The van der Waals surface area contributed by atoms with Gasteiger partial charge in [0.2, 0.25) is 0 Å². The van der Waals surface area contributed by atoms with Gasteiger partial charge >= 0.3 is 5.97 Å². The van der Waals surface area contributed by atoms with E-state index in [9.17, 15) is 9.18 Å². The second-order valence-electron chi connectivity index (χ2n) is 6.38. The van der Waals surface area contributed by atoms with Crippen LogP contribution in [-0.2, 0) is 19.7 Å². The third kappa shape index (κ3) is 3.35. The van der Waals surface area contributed by atoms with E-state index in [2.05, 4.69) is 0 Å². The molecule has 1 aromatic rings. The number of rotatable bonds is 4. The van der Waals surface area contributed by atoms with Crippen molar-refractivity contribution in [3.8, 4) is 0 Å². The Hall–Kier alpha value is -1.36. The molecule has 118 valence electrons. The summed E-state index contributed by atoms with van der Waals surface area (Å²) in [6.45, 7) is 4.35. The first-order valence-electron chi connectivity index (χ1n) is 7.60. The monoisotopic (exact) mass is 304 g/mol. The molecule has 0 aromatic heterocycles. The van der Waals surface area contributed by atoms with Crippen LogP contribution in [0.2, 0.25) is 0 Å². The zero-order valence-electron chi connectivity index (χ0n) is 13.4. The van der Waals surface area contributed by atoms with Crippen LogP contribution in [0.1, 0.15) is 45.1 Å². The summed E-state index contributed by atoms with van der Waals surface area (Å²) in [7, 11) is 6.99. The highest BCUT2D eigenvalue weighted by Gasteiger charge is 2.43. The van der Waals surface area contributed by atoms with E-state index in [-0.39, 0.29) is 18.2 Å². The highest BCUT2D eigenvalue weighted by Crippen LogP contribution is 2.42. The van der Waals surface area contributed by atoms with E-state index in [0.29, 0.717) is 24.1 Å². The molecule has 0 saturated carbocycles. The topological polar surface area (TPSA) is 35.5 Å². The van der Waals surface area contributed by atoms with Gasteiger partial charge in [0.05, 0.1) is 25.7 Å². The minimum Gasteiger partial charge on any atom is -0.469 e. The van der Waals surface area contributed by atoms with E-state index >= 15 is 0 Å². The summed E-state index contributed by atoms with van der Waals surface area (Å²) in [5.74, 6) is -0.577. The molecule has 3 nitrogen and oxygen atoms in total. The molecule has 2 atom stereocenters. The Kier molecular flexibility index (Phi) is 4.95. The van der Waals surface area contributed by atoms with Crippen LogP contribution in [0.4, 0.5) is 4.39 Å². The van der Waals surface area contributed by atoms with Gasteiger partial charge in [-0.25, -0.2) is 4.39 Å². The van der Waals surface area contributed by atoms with Crippen molar-refractivity contribution in [2.75, 3.05) is 13.7 Å². The summed E-state index contributed by atoms with van der Waals surface area (Å²) < 4.78 is 25.0. The number of carbonyl (C=O) groups is 1. The molecule has 0 amide bonds. The summed E-state index contributed by atoms with van der Waals surface area (Å²) in [4.78, 5) is 11.6. The summed E-state index contributed by atoms with van der Waals surface area (Å²) in [5, 5.41) is 0. The van der Waals surface area contributed by atoms with Crippen LogP contribution in [0, 0.1) is 5.82 Å². The standard InChI is InChI=1S/C17H22BFO3/c1-4-17(10-15(20)21-3)8-7-16(2,11-22-17)13-6-5-12(18)9-14(13)19/h5-6,9H,4,7-8,10-11H2,1-3H3. The molecule has 0 aliphatic carbocycles. The predicted molar refractivity (Wildman–Crippen MR) is 84.0 cm³/mol. The highest BCUT2D eigenvalue weighted by atomic mass is 19.1. The Morgan fingerprint density at radius 2 is 2.18 bits per heavy atom. The van der Waals surface area contributed by atoms with E-state index in [4.69, 9.17) is 17.3 Å². The zero-order valence-corrected chi connectivity index (χ0v) is 13.4.